The Kier molecular flexibility index (Phi) is 3.45. The summed E-state index contributed by atoms with van der Waals surface area (Å²) in [5.41, 5.74) is 0. The van der Waals surface area contributed by atoms with Crippen LogP contribution in [0.2, 0.25) is 0 Å². The van der Waals surface area contributed by atoms with Gasteiger partial charge in [-0.2, -0.15) is 0 Å². The number of rotatable bonds is 3. The fraction of sp³-hybridized carbons (Fsp3) is 0.667. The van der Waals surface area contributed by atoms with Crippen LogP contribution in [0.4, 0.5) is 0 Å². The van der Waals surface area contributed by atoms with Crippen molar-refractivity contribution in [1.82, 2.24) is 10.6 Å². The first-order valence-electron chi connectivity index (χ1n) is 4.45. The van der Waals surface area contributed by atoms with Crippen LogP contribution in [0.3, 0.4) is 0 Å². The second-order valence-electron chi connectivity index (χ2n) is 3.34. The number of nitrogens with one attached hydrogen (secondary N) is 2. The highest BCUT2D eigenvalue weighted by Crippen LogP contribution is 2.19. The van der Waals surface area contributed by atoms with E-state index in [1.165, 1.54) is 6.08 Å². The van der Waals surface area contributed by atoms with Gasteiger partial charge in [-0.1, -0.05) is 6.58 Å². The van der Waals surface area contributed by atoms with Gasteiger partial charge in [0.1, 0.15) is 0 Å². The summed E-state index contributed by atoms with van der Waals surface area (Å²) in [5, 5.41) is 15.2. The Bertz CT molecular complexity index is 206. The molecule has 4 heteroatoms. The van der Waals surface area contributed by atoms with Gasteiger partial charge in [0.15, 0.2) is 0 Å². The third-order valence-corrected chi connectivity index (χ3v) is 2.42. The van der Waals surface area contributed by atoms with E-state index >= 15 is 0 Å². The molecule has 0 heterocycles. The lowest BCUT2D eigenvalue weighted by Gasteiger charge is -2.18. The summed E-state index contributed by atoms with van der Waals surface area (Å²) < 4.78 is 0. The lowest BCUT2D eigenvalue weighted by Crippen LogP contribution is -2.44. The molecule has 1 aliphatic rings. The number of amides is 1. The number of hydrogen-bond acceptors (Lipinski definition) is 3. The van der Waals surface area contributed by atoms with Crippen LogP contribution in [0.15, 0.2) is 12.7 Å². The zero-order chi connectivity index (χ0) is 9.84. The molecular weight excluding hydrogens is 168 g/mol. The zero-order valence-corrected chi connectivity index (χ0v) is 7.79. The van der Waals surface area contributed by atoms with Crippen molar-refractivity contribution in [1.29, 1.82) is 0 Å². The van der Waals surface area contributed by atoms with Gasteiger partial charge < -0.3 is 15.7 Å². The van der Waals surface area contributed by atoms with E-state index in [4.69, 9.17) is 0 Å². The summed E-state index contributed by atoms with van der Waals surface area (Å²) in [6.45, 7) is 3.38. The molecule has 3 unspecified atom stereocenters. The van der Waals surface area contributed by atoms with E-state index in [0.717, 1.165) is 0 Å². The van der Waals surface area contributed by atoms with Crippen molar-refractivity contribution < 1.29 is 9.90 Å². The second-order valence-corrected chi connectivity index (χ2v) is 3.34. The Morgan fingerprint density at radius 3 is 2.69 bits per heavy atom. The van der Waals surface area contributed by atoms with Gasteiger partial charge in [-0.15, -0.1) is 0 Å². The van der Waals surface area contributed by atoms with Gasteiger partial charge in [-0.25, -0.2) is 0 Å². The molecule has 0 radical (unpaired) electrons. The molecule has 1 fully saturated rings. The molecule has 0 aromatic rings. The van der Waals surface area contributed by atoms with Crippen LogP contribution in [-0.4, -0.2) is 36.2 Å². The Labute approximate surface area is 78.0 Å². The minimum atomic E-state index is -0.312. The Hall–Kier alpha value is -0.870. The van der Waals surface area contributed by atoms with Crippen molar-refractivity contribution >= 4 is 5.91 Å². The first kappa shape index (κ1) is 10.2. The first-order valence-corrected chi connectivity index (χ1v) is 4.45. The maximum Gasteiger partial charge on any atom is 0.243 e. The normalized spacial score (nSPS) is 32.9. The summed E-state index contributed by atoms with van der Waals surface area (Å²) >= 11 is 0. The lowest BCUT2D eigenvalue weighted by molar-refractivity contribution is -0.117. The van der Waals surface area contributed by atoms with Crippen molar-refractivity contribution in [3.63, 3.8) is 0 Å². The third-order valence-electron chi connectivity index (χ3n) is 2.42. The molecular formula is C9H16N2O2. The van der Waals surface area contributed by atoms with Crippen LogP contribution >= 0.6 is 0 Å². The standard InChI is InChI=1S/C9H16N2O2/c1-3-9(13)11-8-5-6(12)4-7(8)10-2/h3,6-8,10,12H,1,4-5H2,2H3,(H,11,13). The quantitative estimate of drug-likeness (QED) is 0.513. The number of aliphatic hydroxyl groups excluding tert-OH is 1. The summed E-state index contributed by atoms with van der Waals surface area (Å²) in [4.78, 5) is 11.0. The molecule has 0 aromatic heterocycles. The van der Waals surface area contributed by atoms with Crippen LogP contribution in [-0.2, 0) is 4.79 Å². The molecule has 1 aliphatic carbocycles. The van der Waals surface area contributed by atoms with Crippen molar-refractivity contribution in [3.05, 3.63) is 12.7 Å². The highest BCUT2D eigenvalue weighted by Gasteiger charge is 2.32. The van der Waals surface area contributed by atoms with E-state index < -0.39 is 0 Å². The van der Waals surface area contributed by atoms with Gasteiger partial charge in [0, 0.05) is 12.1 Å². The Morgan fingerprint density at radius 1 is 1.54 bits per heavy atom. The molecule has 1 rings (SSSR count). The summed E-state index contributed by atoms with van der Waals surface area (Å²) in [6.07, 6.45) is 2.24. The van der Waals surface area contributed by atoms with Gasteiger partial charge in [0.05, 0.1) is 6.10 Å². The van der Waals surface area contributed by atoms with Crippen LogP contribution in [0.1, 0.15) is 12.8 Å². The van der Waals surface area contributed by atoms with Crippen LogP contribution in [0, 0.1) is 0 Å². The van der Waals surface area contributed by atoms with Crippen LogP contribution in [0.5, 0.6) is 0 Å². The summed E-state index contributed by atoms with van der Waals surface area (Å²) in [6, 6.07) is 0.185. The van der Waals surface area contributed by atoms with E-state index in [-0.39, 0.29) is 24.1 Å². The number of aliphatic hydroxyl groups is 1. The van der Waals surface area contributed by atoms with Crippen molar-refractivity contribution in [3.8, 4) is 0 Å². The maximum atomic E-state index is 11.0. The molecule has 0 saturated heterocycles. The Morgan fingerprint density at radius 2 is 2.15 bits per heavy atom. The number of likely N-dealkylation sites (N-methyl/N-ethyl adjacent to an activating group) is 1. The molecule has 3 atom stereocenters. The SMILES string of the molecule is C=CC(=O)NC1CC(O)CC1NC. The topological polar surface area (TPSA) is 61.4 Å². The van der Waals surface area contributed by atoms with Crippen LogP contribution in [0.25, 0.3) is 0 Å². The molecule has 13 heavy (non-hydrogen) atoms. The molecule has 1 amide bonds. The van der Waals surface area contributed by atoms with Gasteiger partial charge in [0.2, 0.25) is 5.91 Å². The molecule has 0 aliphatic heterocycles. The van der Waals surface area contributed by atoms with Gasteiger partial charge in [-0.3, -0.25) is 4.79 Å². The highest BCUT2D eigenvalue weighted by atomic mass is 16.3. The molecule has 3 N–H and O–H groups in total. The van der Waals surface area contributed by atoms with Crippen molar-refractivity contribution in [2.24, 2.45) is 0 Å². The number of carbonyl (C=O) groups excluding carboxylic acids is 1. The van der Waals surface area contributed by atoms with Gasteiger partial charge >= 0.3 is 0 Å². The van der Waals surface area contributed by atoms with E-state index in [0.29, 0.717) is 12.8 Å². The predicted octanol–water partition coefficient (Wildman–Crippen LogP) is -0.600. The van der Waals surface area contributed by atoms with E-state index in [2.05, 4.69) is 17.2 Å². The fourth-order valence-corrected chi connectivity index (χ4v) is 1.73. The molecule has 0 bridgehead atoms. The highest BCUT2D eigenvalue weighted by molar-refractivity contribution is 5.87. The Balaban J connectivity index is 2.48. The third kappa shape index (κ3) is 2.54. The zero-order valence-electron chi connectivity index (χ0n) is 7.79. The fourth-order valence-electron chi connectivity index (χ4n) is 1.73. The molecule has 4 nitrogen and oxygen atoms in total. The smallest absolute Gasteiger partial charge is 0.243 e. The van der Waals surface area contributed by atoms with Gasteiger partial charge in [0.25, 0.3) is 0 Å². The van der Waals surface area contributed by atoms with Crippen molar-refractivity contribution in [2.75, 3.05) is 7.05 Å². The molecule has 0 spiro atoms. The van der Waals surface area contributed by atoms with Crippen molar-refractivity contribution in [2.45, 2.75) is 31.0 Å². The average Bonchev–Trinajstić information content (AvgIpc) is 2.46. The van der Waals surface area contributed by atoms with E-state index in [1.807, 2.05) is 7.05 Å². The molecule has 74 valence electrons. The largest absolute Gasteiger partial charge is 0.393 e. The van der Waals surface area contributed by atoms with Gasteiger partial charge in [-0.05, 0) is 26.0 Å². The van der Waals surface area contributed by atoms with Crippen LogP contribution < -0.4 is 10.6 Å². The van der Waals surface area contributed by atoms with E-state index in [9.17, 15) is 9.90 Å². The summed E-state index contributed by atoms with van der Waals surface area (Å²) in [5.74, 6) is -0.181. The van der Waals surface area contributed by atoms with E-state index in [1.54, 1.807) is 0 Å². The molecule has 1 saturated carbocycles. The monoisotopic (exact) mass is 184 g/mol. The summed E-state index contributed by atoms with van der Waals surface area (Å²) in [7, 11) is 1.83. The second kappa shape index (κ2) is 4.39. The lowest BCUT2D eigenvalue weighted by atomic mass is 10.2. The maximum absolute atomic E-state index is 11.0. The number of carbonyl (C=O) groups is 1. The predicted molar refractivity (Wildman–Crippen MR) is 50.2 cm³/mol. The average molecular weight is 184 g/mol. The minimum Gasteiger partial charge on any atom is -0.393 e. The minimum absolute atomic E-state index is 0.0190. The number of hydrogen-bond donors (Lipinski definition) is 3. The molecule has 0 aromatic carbocycles. The first-order chi connectivity index (χ1) is 6.17.